The maximum Gasteiger partial charge on any atom is 0.168 e. The average molecular weight is 259 g/mol. The van der Waals surface area contributed by atoms with Crippen molar-refractivity contribution >= 4 is 11.6 Å². The third-order valence-corrected chi connectivity index (χ3v) is 2.40. The van der Waals surface area contributed by atoms with Crippen LogP contribution >= 0.6 is 0 Å². The molecule has 4 nitrogen and oxygen atoms in total. The highest BCUT2D eigenvalue weighted by molar-refractivity contribution is 5.47. The summed E-state index contributed by atoms with van der Waals surface area (Å²) in [5, 5.41) is 14.2. The number of aliphatic hydroxyl groups is 1. The smallest absolute Gasteiger partial charge is 0.168 e. The van der Waals surface area contributed by atoms with Crippen LogP contribution in [-0.2, 0) is 0 Å². The molecule has 18 heavy (non-hydrogen) atoms. The van der Waals surface area contributed by atoms with Gasteiger partial charge in [0, 0.05) is 25.8 Å². The lowest BCUT2D eigenvalue weighted by atomic mass is 10.2. The van der Waals surface area contributed by atoms with Gasteiger partial charge in [-0.3, -0.25) is 0 Å². The zero-order valence-corrected chi connectivity index (χ0v) is 10.5. The van der Waals surface area contributed by atoms with Gasteiger partial charge in [0.05, 0.1) is 0 Å². The highest BCUT2D eigenvalue weighted by Crippen LogP contribution is 2.18. The molecular weight excluding hydrogens is 240 g/mol. The molecule has 0 radical (unpaired) electrons. The van der Waals surface area contributed by atoms with Crippen LogP contribution in [0, 0.1) is 11.6 Å². The Bertz CT molecular complexity index is 375. The number of hydrogen-bond donors (Lipinski definition) is 3. The van der Waals surface area contributed by atoms with Gasteiger partial charge in [-0.2, -0.15) is 0 Å². The first-order valence-corrected chi connectivity index (χ1v) is 6.13. The molecule has 1 aromatic rings. The van der Waals surface area contributed by atoms with E-state index in [1.54, 1.807) is 0 Å². The summed E-state index contributed by atoms with van der Waals surface area (Å²) < 4.78 is 26.7. The summed E-state index contributed by atoms with van der Waals surface area (Å²) in [4.78, 5) is 3.86. The first-order chi connectivity index (χ1) is 8.69. The van der Waals surface area contributed by atoms with E-state index in [4.69, 9.17) is 5.11 Å². The second-order valence-electron chi connectivity index (χ2n) is 3.89. The van der Waals surface area contributed by atoms with E-state index in [0.29, 0.717) is 13.1 Å². The summed E-state index contributed by atoms with van der Waals surface area (Å²) in [6.45, 7) is 3.03. The largest absolute Gasteiger partial charge is 0.396 e. The Kier molecular flexibility index (Phi) is 6.35. The Balaban J connectivity index is 2.56. The van der Waals surface area contributed by atoms with E-state index in [1.165, 1.54) is 0 Å². The molecule has 1 heterocycles. The Morgan fingerprint density at radius 3 is 2.39 bits per heavy atom. The Labute approximate surface area is 105 Å². The average Bonchev–Trinajstić information content (AvgIpc) is 2.34. The van der Waals surface area contributed by atoms with Crippen LogP contribution in [0.5, 0.6) is 0 Å². The second-order valence-corrected chi connectivity index (χ2v) is 3.89. The molecule has 6 heteroatoms. The topological polar surface area (TPSA) is 57.2 Å². The van der Waals surface area contributed by atoms with Crippen molar-refractivity contribution in [3.05, 3.63) is 17.7 Å². The Morgan fingerprint density at radius 1 is 1.11 bits per heavy atom. The predicted octanol–water partition coefficient (Wildman–Crippen LogP) is 2.37. The van der Waals surface area contributed by atoms with Gasteiger partial charge in [-0.25, -0.2) is 13.8 Å². The van der Waals surface area contributed by atoms with E-state index in [0.717, 1.165) is 25.3 Å². The molecule has 0 unspecified atom stereocenters. The first kappa shape index (κ1) is 14.6. The lowest BCUT2D eigenvalue weighted by Crippen LogP contribution is -2.09. The highest BCUT2D eigenvalue weighted by Gasteiger charge is 2.10. The van der Waals surface area contributed by atoms with Gasteiger partial charge in [-0.1, -0.05) is 0 Å². The van der Waals surface area contributed by atoms with Crippen LogP contribution in [0.3, 0.4) is 0 Å². The summed E-state index contributed by atoms with van der Waals surface area (Å²) in [7, 11) is 0. The van der Waals surface area contributed by atoms with Crippen molar-refractivity contribution in [2.45, 2.75) is 26.2 Å². The summed E-state index contributed by atoms with van der Waals surface area (Å²) in [5.41, 5.74) is 0. The van der Waals surface area contributed by atoms with Gasteiger partial charge in [0.2, 0.25) is 0 Å². The zero-order valence-electron chi connectivity index (χ0n) is 10.5. The third kappa shape index (κ3) is 4.44. The standard InChI is InChI=1S/C12H19F2N3O/c1-2-15-11-9(13)8-10(14)12(17-11)16-6-4-3-5-7-18/h8,18H,2-7H2,1H3,(H2,15,16,17). The van der Waals surface area contributed by atoms with Crippen molar-refractivity contribution in [2.24, 2.45) is 0 Å². The number of rotatable bonds is 8. The minimum atomic E-state index is -0.698. The van der Waals surface area contributed by atoms with Crippen LogP contribution in [0.15, 0.2) is 6.07 Å². The van der Waals surface area contributed by atoms with Crippen molar-refractivity contribution in [1.82, 2.24) is 4.98 Å². The van der Waals surface area contributed by atoms with Crippen molar-refractivity contribution in [3.63, 3.8) is 0 Å². The molecule has 0 saturated heterocycles. The van der Waals surface area contributed by atoms with Crippen LogP contribution in [0.2, 0.25) is 0 Å². The molecule has 1 rings (SSSR count). The van der Waals surface area contributed by atoms with Crippen LogP contribution < -0.4 is 10.6 Å². The van der Waals surface area contributed by atoms with Gasteiger partial charge in [-0.05, 0) is 26.2 Å². The number of unbranched alkanes of at least 4 members (excludes halogenated alkanes) is 2. The van der Waals surface area contributed by atoms with E-state index >= 15 is 0 Å². The van der Waals surface area contributed by atoms with E-state index in [-0.39, 0.29) is 18.2 Å². The third-order valence-electron chi connectivity index (χ3n) is 2.40. The number of nitrogens with one attached hydrogen (secondary N) is 2. The number of hydrogen-bond acceptors (Lipinski definition) is 4. The van der Waals surface area contributed by atoms with E-state index < -0.39 is 11.6 Å². The maximum absolute atomic E-state index is 13.4. The van der Waals surface area contributed by atoms with Gasteiger partial charge in [0.25, 0.3) is 0 Å². The maximum atomic E-state index is 13.4. The summed E-state index contributed by atoms with van der Waals surface area (Å²) in [6.07, 6.45) is 2.38. The number of pyridine rings is 1. The Morgan fingerprint density at radius 2 is 1.78 bits per heavy atom. The molecule has 0 aromatic carbocycles. The molecule has 0 bridgehead atoms. The summed E-state index contributed by atoms with van der Waals surface area (Å²) in [6, 6.07) is 0.820. The Hall–Kier alpha value is -1.43. The van der Waals surface area contributed by atoms with Crippen molar-refractivity contribution in [1.29, 1.82) is 0 Å². The van der Waals surface area contributed by atoms with Gasteiger partial charge in [0.1, 0.15) is 0 Å². The van der Waals surface area contributed by atoms with Crippen LogP contribution in [0.1, 0.15) is 26.2 Å². The fourth-order valence-corrected chi connectivity index (χ4v) is 1.50. The van der Waals surface area contributed by atoms with Crippen LogP contribution in [0.25, 0.3) is 0 Å². The lowest BCUT2D eigenvalue weighted by Gasteiger charge is -2.10. The van der Waals surface area contributed by atoms with Gasteiger partial charge < -0.3 is 15.7 Å². The molecule has 102 valence electrons. The number of nitrogens with zero attached hydrogens (tertiary/aromatic N) is 1. The van der Waals surface area contributed by atoms with E-state index in [9.17, 15) is 8.78 Å². The number of halogens is 2. The van der Waals surface area contributed by atoms with Gasteiger partial charge in [0.15, 0.2) is 23.3 Å². The molecule has 0 atom stereocenters. The molecule has 0 saturated carbocycles. The first-order valence-electron chi connectivity index (χ1n) is 6.13. The van der Waals surface area contributed by atoms with E-state index in [2.05, 4.69) is 15.6 Å². The minimum absolute atomic E-state index is 0.0522. The molecule has 3 N–H and O–H groups in total. The zero-order chi connectivity index (χ0) is 13.4. The second kappa shape index (κ2) is 7.81. The quantitative estimate of drug-likeness (QED) is 0.627. The van der Waals surface area contributed by atoms with Crippen molar-refractivity contribution in [2.75, 3.05) is 30.3 Å². The van der Waals surface area contributed by atoms with Crippen LogP contribution in [-0.4, -0.2) is 29.8 Å². The van der Waals surface area contributed by atoms with E-state index in [1.807, 2.05) is 6.92 Å². The molecule has 0 spiro atoms. The van der Waals surface area contributed by atoms with Crippen LogP contribution in [0.4, 0.5) is 20.4 Å². The monoisotopic (exact) mass is 259 g/mol. The molecule has 1 aromatic heterocycles. The fourth-order valence-electron chi connectivity index (χ4n) is 1.50. The normalized spacial score (nSPS) is 10.4. The number of aromatic nitrogens is 1. The molecule has 0 aliphatic heterocycles. The SMILES string of the molecule is CCNc1nc(NCCCCCO)c(F)cc1F. The molecular formula is C12H19F2N3O. The minimum Gasteiger partial charge on any atom is -0.396 e. The predicted molar refractivity (Wildman–Crippen MR) is 67.7 cm³/mol. The number of anilines is 2. The molecule has 0 aliphatic carbocycles. The molecule has 0 amide bonds. The lowest BCUT2D eigenvalue weighted by molar-refractivity contribution is 0.283. The molecule has 0 aliphatic rings. The summed E-state index contributed by atoms with van der Waals surface area (Å²) in [5.74, 6) is -1.29. The highest BCUT2D eigenvalue weighted by atomic mass is 19.1. The fraction of sp³-hybridized carbons (Fsp3) is 0.583. The van der Waals surface area contributed by atoms with Gasteiger partial charge in [-0.15, -0.1) is 0 Å². The number of aliphatic hydroxyl groups excluding tert-OH is 1. The van der Waals surface area contributed by atoms with Crippen molar-refractivity contribution in [3.8, 4) is 0 Å². The van der Waals surface area contributed by atoms with Crippen molar-refractivity contribution < 1.29 is 13.9 Å². The van der Waals surface area contributed by atoms with Gasteiger partial charge >= 0.3 is 0 Å². The molecule has 0 fully saturated rings. The summed E-state index contributed by atoms with van der Waals surface area (Å²) >= 11 is 0.